The third-order valence-corrected chi connectivity index (χ3v) is 3.45. The van der Waals surface area contributed by atoms with Crippen molar-refractivity contribution in [3.63, 3.8) is 0 Å². The first-order valence-corrected chi connectivity index (χ1v) is 7.47. The summed E-state index contributed by atoms with van der Waals surface area (Å²) >= 11 is 0. The molecule has 128 valence electrons. The lowest BCUT2D eigenvalue weighted by Crippen LogP contribution is -2.33. The average molecular weight is 339 g/mol. The highest BCUT2D eigenvalue weighted by atomic mass is 16.6. The van der Waals surface area contributed by atoms with Crippen molar-refractivity contribution in [3.8, 4) is 0 Å². The molecular formula is C18H17N3O4. The first-order valence-electron chi connectivity index (χ1n) is 7.47. The number of nitrogens with zero attached hydrogens (tertiary/aromatic N) is 1. The normalized spacial score (nSPS) is 10.9. The zero-order chi connectivity index (χ0) is 18.4. The van der Waals surface area contributed by atoms with Crippen LogP contribution in [0.25, 0.3) is 6.08 Å². The molecule has 7 nitrogen and oxygen atoms in total. The molecule has 0 aliphatic rings. The quantitative estimate of drug-likeness (QED) is 0.496. The molecule has 0 radical (unpaired) electrons. The van der Waals surface area contributed by atoms with E-state index >= 15 is 0 Å². The number of nitro benzene ring substituents is 1. The van der Waals surface area contributed by atoms with E-state index in [1.54, 1.807) is 24.3 Å². The van der Waals surface area contributed by atoms with Crippen LogP contribution in [0.5, 0.6) is 0 Å². The SMILES string of the molecule is CNC(=O)C(=Cc1ccc([N+](=O)[O-])cc1)NC(=O)c1ccc(C)cc1. The van der Waals surface area contributed by atoms with Gasteiger partial charge in [-0.1, -0.05) is 17.7 Å². The van der Waals surface area contributed by atoms with E-state index in [1.807, 2.05) is 6.92 Å². The van der Waals surface area contributed by atoms with Crippen LogP contribution in [0.3, 0.4) is 0 Å². The van der Waals surface area contributed by atoms with Crippen LogP contribution >= 0.6 is 0 Å². The van der Waals surface area contributed by atoms with Crippen LogP contribution in [0.4, 0.5) is 5.69 Å². The third kappa shape index (κ3) is 4.74. The number of hydrogen-bond acceptors (Lipinski definition) is 4. The van der Waals surface area contributed by atoms with Gasteiger partial charge in [0.25, 0.3) is 17.5 Å². The molecule has 2 aromatic rings. The van der Waals surface area contributed by atoms with Crippen molar-refractivity contribution in [2.45, 2.75) is 6.92 Å². The summed E-state index contributed by atoms with van der Waals surface area (Å²) in [4.78, 5) is 34.5. The van der Waals surface area contributed by atoms with Gasteiger partial charge in [-0.2, -0.15) is 0 Å². The number of rotatable bonds is 5. The molecule has 0 atom stereocenters. The molecule has 7 heteroatoms. The van der Waals surface area contributed by atoms with Crippen molar-refractivity contribution in [2.24, 2.45) is 0 Å². The largest absolute Gasteiger partial charge is 0.354 e. The van der Waals surface area contributed by atoms with Crippen LogP contribution in [-0.2, 0) is 4.79 Å². The van der Waals surface area contributed by atoms with Crippen LogP contribution < -0.4 is 10.6 Å². The van der Waals surface area contributed by atoms with Crippen molar-refractivity contribution in [1.82, 2.24) is 10.6 Å². The number of nitrogens with one attached hydrogen (secondary N) is 2. The second-order valence-corrected chi connectivity index (χ2v) is 5.31. The van der Waals surface area contributed by atoms with Gasteiger partial charge >= 0.3 is 0 Å². The Balaban J connectivity index is 2.26. The fraction of sp³-hybridized carbons (Fsp3) is 0.111. The van der Waals surface area contributed by atoms with E-state index in [0.717, 1.165) is 5.56 Å². The Morgan fingerprint density at radius 3 is 2.16 bits per heavy atom. The summed E-state index contributed by atoms with van der Waals surface area (Å²) in [5, 5.41) is 15.7. The van der Waals surface area contributed by atoms with E-state index in [-0.39, 0.29) is 11.4 Å². The molecular weight excluding hydrogens is 322 g/mol. The Hall–Kier alpha value is -3.48. The van der Waals surface area contributed by atoms with E-state index in [2.05, 4.69) is 10.6 Å². The Morgan fingerprint density at radius 2 is 1.64 bits per heavy atom. The number of aryl methyl sites for hydroxylation is 1. The molecule has 0 saturated heterocycles. The summed E-state index contributed by atoms with van der Waals surface area (Å²) in [6.07, 6.45) is 1.45. The predicted octanol–water partition coefficient (Wildman–Crippen LogP) is 2.42. The fourth-order valence-corrected chi connectivity index (χ4v) is 2.05. The molecule has 0 saturated carbocycles. The van der Waals surface area contributed by atoms with Gasteiger partial charge in [0, 0.05) is 24.7 Å². The minimum Gasteiger partial charge on any atom is -0.354 e. The molecule has 2 rings (SSSR count). The van der Waals surface area contributed by atoms with Gasteiger partial charge in [0.05, 0.1) is 4.92 Å². The van der Waals surface area contributed by atoms with E-state index in [4.69, 9.17) is 0 Å². The lowest BCUT2D eigenvalue weighted by molar-refractivity contribution is -0.384. The summed E-state index contributed by atoms with van der Waals surface area (Å²) in [6, 6.07) is 12.6. The number of amides is 2. The number of carbonyl (C=O) groups excluding carboxylic acids is 2. The first kappa shape index (κ1) is 17.9. The van der Waals surface area contributed by atoms with Crippen molar-refractivity contribution < 1.29 is 14.5 Å². The van der Waals surface area contributed by atoms with Crippen LogP contribution in [0, 0.1) is 17.0 Å². The van der Waals surface area contributed by atoms with Gasteiger partial charge in [0.1, 0.15) is 5.70 Å². The van der Waals surface area contributed by atoms with Gasteiger partial charge in [-0.15, -0.1) is 0 Å². The second kappa shape index (κ2) is 7.87. The van der Waals surface area contributed by atoms with Crippen LogP contribution in [0.15, 0.2) is 54.2 Å². The Morgan fingerprint density at radius 1 is 1.04 bits per heavy atom. The maximum Gasteiger partial charge on any atom is 0.269 e. The molecule has 2 amide bonds. The van der Waals surface area contributed by atoms with E-state index < -0.39 is 16.7 Å². The van der Waals surface area contributed by atoms with Gasteiger partial charge in [-0.25, -0.2) is 0 Å². The summed E-state index contributed by atoms with van der Waals surface area (Å²) in [5.74, 6) is -0.893. The zero-order valence-electron chi connectivity index (χ0n) is 13.8. The van der Waals surface area contributed by atoms with Crippen molar-refractivity contribution in [2.75, 3.05) is 7.05 Å². The average Bonchev–Trinajstić information content (AvgIpc) is 2.61. The molecule has 0 unspecified atom stereocenters. The number of hydrogen-bond donors (Lipinski definition) is 2. The summed E-state index contributed by atoms with van der Waals surface area (Å²) in [5.41, 5.74) is 1.98. The lowest BCUT2D eigenvalue weighted by atomic mass is 10.1. The van der Waals surface area contributed by atoms with Gasteiger partial charge in [-0.3, -0.25) is 19.7 Å². The molecule has 0 heterocycles. The molecule has 0 fully saturated rings. The van der Waals surface area contributed by atoms with Crippen LogP contribution in [0.1, 0.15) is 21.5 Å². The molecule has 0 aliphatic heterocycles. The second-order valence-electron chi connectivity index (χ2n) is 5.31. The van der Waals surface area contributed by atoms with Crippen LogP contribution in [-0.4, -0.2) is 23.8 Å². The Labute approximate surface area is 144 Å². The monoisotopic (exact) mass is 339 g/mol. The number of benzene rings is 2. The fourth-order valence-electron chi connectivity index (χ4n) is 2.05. The Bertz CT molecular complexity index is 824. The molecule has 2 N–H and O–H groups in total. The van der Waals surface area contributed by atoms with E-state index in [1.165, 1.54) is 37.4 Å². The molecule has 25 heavy (non-hydrogen) atoms. The van der Waals surface area contributed by atoms with Gasteiger partial charge < -0.3 is 10.6 Å². The highest BCUT2D eigenvalue weighted by molar-refractivity contribution is 6.05. The van der Waals surface area contributed by atoms with Gasteiger partial charge in [-0.05, 0) is 42.8 Å². The minimum atomic E-state index is -0.508. The molecule has 0 aliphatic carbocycles. The smallest absolute Gasteiger partial charge is 0.269 e. The van der Waals surface area contributed by atoms with E-state index in [0.29, 0.717) is 11.1 Å². The Kier molecular flexibility index (Phi) is 5.62. The molecule has 2 aromatic carbocycles. The predicted molar refractivity (Wildman–Crippen MR) is 93.8 cm³/mol. The minimum absolute atomic E-state index is 0.0435. The van der Waals surface area contributed by atoms with Crippen LogP contribution in [0.2, 0.25) is 0 Å². The zero-order valence-corrected chi connectivity index (χ0v) is 13.8. The summed E-state index contributed by atoms with van der Waals surface area (Å²) in [6.45, 7) is 1.91. The summed E-state index contributed by atoms with van der Waals surface area (Å²) < 4.78 is 0. The number of likely N-dealkylation sites (N-methyl/N-ethyl adjacent to an activating group) is 1. The summed E-state index contributed by atoms with van der Waals surface area (Å²) in [7, 11) is 1.45. The van der Waals surface area contributed by atoms with Crippen molar-refractivity contribution in [3.05, 3.63) is 81.0 Å². The third-order valence-electron chi connectivity index (χ3n) is 3.45. The number of non-ortho nitro benzene ring substituents is 1. The molecule has 0 spiro atoms. The number of carbonyl (C=O) groups is 2. The number of nitro groups is 1. The maximum absolute atomic E-state index is 12.3. The van der Waals surface area contributed by atoms with Crippen molar-refractivity contribution in [1.29, 1.82) is 0 Å². The topological polar surface area (TPSA) is 101 Å². The van der Waals surface area contributed by atoms with Crippen molar-refractivity contribution >= 4 is 23.6 Å². The first-order chi connectivity index (χ1) is 11.9. The van der Waals surface area contributed by atoms with Gasteiger partial charge in [0.2, 0.25) is 0 Å². The molecule has 0 aromatic heterocycles. The van der Waals surface area contributed by atoms with E-state index in [9.17, 15) is 19.7 Å². The standard InChI is InChI=1S/C18H17N3O4/c1-12-3-7-14(8-4-12)17(22)20-16(18(23)19-2)11-13-5-9-15(10-6-13)21(24)25/h3-11H,1-2H3,(H,19,23)(H,20,22). The highest BCUT2D eigenvalue weighted by Crippen LogP contribution is 2.14. The maximum atomic E-state index is 12.3. The lowest BCUT2D eigenvalue weighted by Gasteiger charge is -2.09. The highest BCUT2D eigenvalue weighted by Gasteiger charge is 2.13. The van der Waals surface area contributed by atoms with Gasteiger partial charge in [0.15, 0.2) is 0 Å². The molecule has 0 bridgehead atoms.